The highest BCUT2D eigenvalue weighted by molar-refractivity contribution is 7.07. The van der Waals surface area contributed by atoms with E-state index in [1.807, 2.05) is 23.2 Å². The molecular weight excluding hydrogens is 334 g/mol. The summed E-state index contributed by atoms with van der Waals surface area (Å²) in [6.45, 7) is 4.13. The highest BCUT2D eigenvalue weighted by Gasteiger charge is 2.24. The zero-order chi connectivity index (χ0) is 17.5. The predicted octanol–water partition coefficient (Wildman–Crippen LogP) is 3.46. The van der Waals surface area contributed by atoms with Crippen LogP contribution < -0.4 is 5.32 Å². The maximum atomic E-state index is 12.4. The van der Waals surface area contributed by atoms with Crippen molar-refractivity contribution in [3.8, 4) is 0 Å². The Morgan fingerprint density at radius 3 is 2.92 bits per heavy atom. The molecule has 0 radical (unpaired) electrons. The molecule has 6 heteroatoms. The number of urea groups is 1. The zero-order valence-corrected chi connectivity index (χ0v) is 15.4. The third-order valence-corrected chi connectivity index (χ3v) is 5.16. The van der Waals surface area contributed by atoms with Crippen molar-refractivity contribution in [3.05, 3.63) is 52.5 Å². The van der Waals surface area contributed by atoms with Gasteiger partial charge in [-0.05, 0) is 60.2 Å². The van der Waals surface area contributed by atoms with Crippen molar-refractivity contribution < 1.29 is 9.53 Å². The molecule has 0 bridgehead atoms. The lowest BCUT2D eigenvalue weighted by molar-refractivity contribution is 0.00422. The first-order valence-corrected chi connectivity index (χ1v) is 9.72. The molecular formula is C19H25N3O2S. The number of aromatic nitrogens is 1. The second-order valence-corrected chi connectivity index (χ2v) is 7.32. The average Bonchev–Trinajstić information content (AvgIpc) is 3.14. The average molecular weight is 359 g/mol. The molecule has 5 nitrogen and oxygen atoms in total. The van der Waals surface area contributed by atoms with Crippen LogP contribution in [0.2, 0.25) is 0 Å². The number of carbonyl (C=O) groups is 1. The fraction of sp³-hybridized carbons (Fsp3) is 0.474. The van der Waals surface area contributed by atoms with E-state index in [2.05, 4.69) is 34.1 Å². The van der Waals surface area contributed by atoms with Gasteiger partial charge < -0.3 is 15.0 Å². The maximum Gasteiger partial charge on any atom is 0.317 e. The summed E-state index contributed by atoms with van der Waals surface area (Å²) in [4.78, 5) is 18.4. The number of hydrogen-bond acceptors (Lipinski definition) is 4. The third-order valence-electron chi connectivity index (χ3n) is 4.43. The van der Waals surface area contributed by atoms with Gasteiger partial charge in [0, 0.05) is 31.5 Å². The van der Waals surface area contributed by atoms with Gasteiger partial charge in [0.1, 0.15) is 0 Å². The molecule has 1 N–H and O–H groups in total. The van der Waals surface area contributed by atoms with Gasteiger partial charge >= 0.3 is 6.03 Å². The van der Waals surface area contributed by atoms with Crippen molar-refractivity contribution in [1.29, 1.82) is 0 Å². The molecule has 3 heterocycles. The van der Waals surface area contributed by atoms with Gasteiger partial charge in [0.15, 0.2) is 0 Å². The van der Waals surface area contributed by atoms with Crippen LogP contribution in [-0.2, 0) is 17.8 Å². The van der Waals surface area contributed by atoms with E-state index in [1.165, 1.54) is 5.56 Å². The van der Waals surface area contributed by atoms with E-state index in [0.29, 0.717) is 6.61 Å². The molecule has 2 aromatic rings. The first-order valence-electron chi connectivity index (χ1n) is 8.77. The van der Waals surface area contributed by atoms with Crippen molar-refractivity contribution in [3.63, 3.8) is 0 Å². The number of amides is 2. The second kappa shape index (κ2) is 8.97. The van der Waals surface area contributed by atoms with Gasteiger partial charge in [-0.1, -0.05) is 6.07 Å². The predicted molar refractivity (Wildman–Crippen MR) is 99.6 cm³/mol. The van der Waals surface area contributed by atoms with E-state index in [-0.39, 0.29) is 18.2 Å². The minimum atomic E-state index is 0.0356. The van der Waals surface area contributed by atoms with Crippen molar-refractivity contribution in [1.82, 2.24) is 15.2 Å². The Balaban J connectivity index is 1.37. The SMILES string of the molecule is CC(Cc1ccsc1)NC(=O)N1CCC(OCc2cccnc2)CC1. The first-order chi connectivity index (χ1) is 12.2. The van der Waals surface area contributed by atoms with Gasteiger partial charge in [-0.25, -0.2) is 4.79 Å². The van der Waals surface area contributed by atoms with Gasteiger partial charge in [0.05, 0.1) is 12.7 Å². The van der Waals surface area contributed by atoms with Gasteiger partial charge in [0.25, 0.3) is 0 Å². The van der Waals surface area contributed by atoms with E-state index < -0.39 is 0 Å². The molecule has 0 aliphatic carbocycles. The number of rotatable bonds is 6. The van der Waals surface area contributed by atoms with Gasteiger partial charge in [-0.15, -0.1) is 0 Å². The molecule has 2 amide bonds. The number of piperidine rings is 1. The van der Waals surface area contributed by atoms with Crippen LogP contribution in [0, 0.1) is 0 Å². The highest BCUT2D eigenvalue weighted by atomic mass is 32.1. The van der Waals surface area contributed by atoms with Gasteiger partial charge in [0.2, 0.25) is 0 Å². The molecule has 0 spiro atoms. The standard InChI is InChI=1S/C19H25N3O2S/c1-15(11-16-6-10-25-14-16)21-19(23)22-8-4-18(5-9-22)24-13-17-3-2-7-20-12-17/h2-3,6-7,10,12,14-15,18H,4-5,8-9,11,13H2,1H3,(H,21,23). The normalized spacial score (nSPS) is 16.6. The third kappa shape index (κ3) is 5.54. The number of pyridine rings is 1. The summed E-state index contributed by atoms with van der Waals surface area (Å²) in [6.07, 6.45) is 6.45. The lowest BCUT2D eigenvalue weighted by Crippen LogP contribution is -2.48. The van der Waals surface area contributed by atoms with Crippen LogP contribution in [0.15, 0.2) is 41.4 Å². The number of nitrogens with one attached hydrogen (secondary N) is 1. The summed E-state index contributed by atoms with van der Waals surface area (Å²) in [5.41, 5.74) is 2.37. The topological polar surface area (TPSA) is 54.5 Å². The van der Waals surface area contributed by atoms with Crippen LogP contribution in [0.3, 0.4) is 0 Å². The lowest BCUT2D eigenvalue weighted by atomic mass is 10.1. The molecule has 1 fully saturated rings. The van der Waals surface area contributed by atoms with Crippen molar-refractivity contribution in [2.45, 2.75) is 44.9 Å². The van der Waals surface area contributed by atoms with Crippen LogP contribution in [0.25, 0.3) is 0 Å². The maximum absolute atomic E-state index is 12.4. The summed E-state index contributed by atoms with van der Waals surface area (Å²) in [5, 5.41) is 7.31. The number of nitrogens with zero attached hydrogens (tertiary/aromatic N) is 2. The molecule has 134 valence electrons. The number of ether oxygens (including phenoxy) is 1. The fourth-order valence-corrected chi connectivity index (χ4v) is 3.72. The Kier molecular flexibility index (Phi) is 6.42. The van der Waals surface area contributed by atoms with Crippen molar-refractivity contribution >= 4 is 17.4 Å². The Morgan fingerprint density at radius 2 is 2.24 bits per heavy atom. The summed E-state index contributed by atoms with van der Waals surface area (Å²) in [5.74, 6) is 0. The van der Waals surface area contributed by atoms with E-state index >= 15 is 0 Å². The quantitative estimate of drug-likeness (QED) is 0.859. The van der Waals surface area contributed by atoms with Gasteiger partial charge in [-0.3, -0.25) is 4.98 Å². The number of thiophene rings is 1. The van der Waals surface area contributed by atoms with Crippen LogP contribution in [0.5, 0.6) is 0 Å². The minimum Gasteiger partial charge on any atom is -0.373 e. The number of hydrogen-bond donors (Lipinski definition) is 1. The molecule has 3 rings (SSSR count). The summed E-state index contributed by atoms with van der Waals surface area (Å²) >= 11 is 1.69. The molecule has 2 aromatic heterocycles. The van der Waals surface area contributed by atoms with Gasteiger partial charge in [-0.2, -0.15) is 11.3 Å². The zero-order valence-electron chi connectivity index (χ0n) is 14.6. The van der Waals surface area contributed by atoms with Crippen LogP contribution in [-0.4, -0.2) is 41.2 Å². The monoisotopic (exact) mass is 359 g/mol. The molecule has 1 aliphatic rings. The molecule has 0 saturated carbocycles. The molecule has 1 unspecified atom stereocenters. The van der Waals surface area contributed by atoms with Crippen molar-refractivity contribution in [2.75, 3.05) is 13.1 Å². The highest BCUT2D eigenvalue weighted by Crippen LogP contribution is 2.16. The van der Waals surface area contributed by atoms with Crippen molar-refractivity contribution in [2.24, 2.45) is 0 Å². The number of likely N-dealkylation sites (tertiary alicyclic amines) is 1. The van der Waals surface area contributed by atoms with E-state index in [1.54, 1.807) is 17.5 Å². The molecule has 1 atom stereocenters. The van der Waals surface area contributed by atoms with Crippen LogP contribution >= 0.6 is 11.3 Å². The summed E-state index contributed by atoms with van der Waals surface area (Å²) < 4.78 is 5.95. The van der Waals surface area contributed by atoms with Crippen LogP contribution in [0.1, 0.15) is 30.9 Å². The number of carbonyl (C=O) groups excluding carboxylic acids is 1. The first kappa shape index (κ1) is 17.9. The van der Waals surface area contributed by atoms with E-state index in [9.17, 15) is 4.79 Å². The Bertz CT molecular complexity index is 640. The smallest absolute Gasteiger partial charge is 0.317 e. The lowest BCUT2D eigenvalue weighted by Gasteiger charge is -2.32. The Hall–Kier alpha value is -1.92. The Labute approximate surface area is 153 Å². The summed E-state index contributed by atoms with van der Waals surface area (Å²) in [6, 6.07) is 6.22. The van der Waals surface area contributed by atoms with Crippen LogP contribution in [0.4, 0.5) is 4.79 Å². The Morgan fingerprint density at radius 1 is 1.40 bits per heavy atom. The molecule has 25 heavy (non-hydrogen) atoms. The second-order valence-electron chi connectivity index (χ2n) is 6.54. The summed E-state index contributed by atoms with van der Waals surface area (Å²) in [7, 11) is 0. The molecule has 0 aromatic carbocycles. The van der Waals surface area contributed by atoms with E-state index in [4.69, 9.17) is 4.74 Å². The molecule has 1 aliphatic heterocycles. The fourth-order valence-electron chi connectivity index (χ4n) is 3.04. The largest absolute Gasteiger partial charge is 0.373 e. The molecule has 1 saturated heterocycles. The van der Waals surface area contributed by atoms with E-state index in [0.717, 1.165) is 37.9 Å². The minimum absolute atomic E-state index is 0.0356.